The van der Waals surface area contributed by atoms with Crippen LogP contribution in [0, 0.1) is 11.7 Å². The molecule has 0 saturated carbocycles. The number of hydrogen-bond acceptors (Lipinski definition) is 3. The summed E-state index contributed by atoms with van der Waals surface area (Å²) in [6.45, 7) is 6.34. The van der Waals surface area contributed by atoms with Crippen LogP contribution in [-0.2, 0) is 0 Å². The predicted octanol–water partition coefficient (Wildman–Crippen LogP) is 2.69. The summed E-state index contributed by atoms with van der Waals surface area (Å²) in [7, 11) is 1.85. The topological polar surface area (TPSA) is 40.5 Å². The number of Topliss-reactive ketones (excluding diaryl/α,β-unsaturated/α-hetero) is 1. The summed E-state index contributed by atoms with van der Waals surface area (Å²) >= 11 is 0. The quantitative estimate of drug-likeness (QED) is 0.820. The van der Waals surface area contributed by atoms with Gasteiger partial charge in [-0.2, -0.15) is 0 Å². The molecule has 0 heterocycles. The molecule has 0 bridgehead atoms. The molecule has 0 fully saturated rings. The molecule has 4 heteroatoms. The molecule has 0 aromatic heterocycles. The lowest BCUT2D eigenvalue weighted by Crippen LogP contribution is -2.37. The fraction of sp³-hybridized carbons (Fsp3) is 0.500. The van der Waals surface area contributed by atoms with Crippen molar-refractivity contribution >= 4 is 5.78 Å². The maximum absolute atomic E-state index is 13.1. The first-order chi connectivity index (χ1) is 8.32. The lowest BCUT2D eigenvalue weighted by Gasteiger charge is -2.27. The van der Waals surface area contributed by atoms with Crippen molar-refractivity contribution in [2.24, 2.45) is 5.92 Å². The van der Waals surface area contributed by atoms with E-state index in [0.717, 1.165) is 12.1 Å². The summed E-state index contributed by atoms with van der Waals surface area (Å²) < 4.78 is 13.1. The number of carbonyl (C=O) groups is 1. The van der Waals surface area contributed by atoms with E-state index in [-0.39, 0.29) is 29.7 Å². The molecule has 0 aliphatic heterocycles. The van der Waals surface area contributed by atoms with Gasteiger partial charge in [0.2, 0.25) is 0 Å². The average Bonchev–Trinajstić information content (AvgIpc) is 2.30. The monoisotopic (exact) mass is 253 g/mol. The number of phenolic OH excluding ortho intramolecular Hbond substituents is 1. The van der Waals surface area contributed by atoms with Gasteiger partial charge in [0.15, 0.2) is 5.78 Å². The van der Waals surface area contributed by atoms with E-state index in [1.54, 1.807) is 0 Å². The van der Waals surface area contributed by atoms with Gasteiger partial charge in [-0.3, -0.25) is 9.69 Å². The van der Waals surface area contributed by atoms with E-state index in [0.29, 0.717) is 5.92 Å². The van der Waals surface area contributed by atoms with E-state index in [4.69, 9.17) is 0 Å². The molecule has 3 nitrogen and oxygen atoms in total. The predicted molar refractivity (Wildman–Crippen MR) is 69.3 cm³/mol. The van der Waals surface area contributed by atoms with Gasteiger partial charge in [0, 0.05) is 6.04 Å². The first kappa shape index (κ1) is 14.6. The second-order valence-corrected chi connectivity index (χ2v) is 4.98. The first-order valence-corrected chi connectivity index (χ1v) is 6.05. The van der Waals surface area contributed by atoms with E-state index >= 15 is 0 Å². The third-order valence-corrected chi connectivity index (χ3v) is 3.31. The minimum absolute atomic E-state index is 0.0396. The number of benzene rings is 1. The van der Waals surface area contributed by atoms with Crippen molar-refractivity contribution < 1.29 is 14.3 Å². The lowest BCUT2D eigenvalue weighted by atomic mass is 10.0. The maximum atomic E-state index is 13.1. The highest BCUT2D eigenvalue weighted by molar-refractivity contribution is 6.00. The van der Waals surface area contributed by atoms with Gasteiger partial charge in [0.25, 0.3) is 0 Å². The Morgan fingerprint density at radius 1 is 1.39 bits per heavy atom. The standard InChI is InChI=1S/C14H20FNO2/c1-9(2)10(3)16(4)8-14(18)12-7-11(15)5-6-13(12)17/h5-7,9-10,17H,8H2,1-4H3. The maximum Gasteiger partial charge on any atom is 0.180 e. The fourth-order valence-electron chi connectivity index (χ4n) is 1.70. The van der Waals surface area contributed by atoms with E-state index in [2.05, 4.69) is 13.8 Å². The Labute approximate surface area is 107 Å². The third-order valence-electron chi connectivity index (χ3n) is 3.31. The fourth-order valence-corrected chi connectivity index (χ4v) is 1.70. The zero-order valence-electron chi connectivity index (χ0n) is 11.3. The van der Waals surface area contributed by atoms with Crippen molar-refractivity contribution in [3.05, 3.63) is 29.6 Å². The van der Waals surface area contributed by atoms with Crippen LogP contribution in [0.25, 0.3) is 0 Å². The number of nitrogens with zero attached hydrogens (tertiary/aromatic N) is 1. The molecule has 0 saturated heterocycles. The first-order valence-electron chi connectivity index (χ1n) is 6.05. The van der Waals surface area contributed by atoms with E-state index < -0.39 is 5.82 Å². The van der Waals surface area contributed by atoms with Gasteiger partial charge >= 0.3 is 0 Å². The number of rotatable bonds is 5. The third kappa shape index (κ3) is 3.53. The Morgan fingerprint density at radius 3 is 2.56 bits per heavy atom. The average molecular weight is 253 g/mol. The van der Waals surface area contributed by atoms with E-state index in [1.807, 2.05) is 18.9 Å². The molecule has 0 amide bonds. The molecular formula is C14H20FNO2. The molecule has 1 rings (SSSR count). The molecule has 1 aromatic rings. The van der Waals surface area contributed by atoms with Crippen LogP contribution < -0.4 is 0 Å². The minimum atomic E-state index is -0.518. The second-order valence-electron chi connectivity index (χ2n) is 4.98. The van der Waals surface area contributed by atoms with Crippen molar-refractivity contribution in [3.63, 3.8) is 0 Å². The Hall–Kier alpha value is -1.42. The zero-order chi connectivity index (χ0) is 13.9. The molecule has 1 aromatic carbocycles. The summed E-state index contributed by atoms with van der Waals surface area (Å²) in [6.07, 6.45) is 0. The number of likely N-dealkylation sites (N-methyl/N-ethyl adjacent to an activating group) is 1. The molecule has 0 aliphatic carbocycles. The van der Waals surface area contributed by atoms with Crippen molar-refractivity contribution in [1.29, 1.82) is 0 Å². The van der Waals surface area contributed by atoms with Gasteiger partial charge in [-0.1, -0.05) is 13.8 Å². The van der Waals surface area contributed by atoms with Gasteiger partial charge in [0.05, 0.1) is 12.1 Å². The number of halogens is 1. The number of aromatic hydroxyl groups is 1. The summed E-state index contributed by atoms with van der Waals surface area (Å²) in [6, 6.07) is 3.65. The van der Waals surface area contributed by atoms with Crippen LogP contribution in [0.2, 0.25) is 0 Å². The highest BCUT2D eigenvalue weighted by Crippen LogP contribution is 2.19. The molecule has 1 atom stereocenters. The number of phenols is 1. The smallest absolute Gasteiger partial charge is 0.180 e. The highest BCUT2D eigenvalue weighted by Gasteiger charge is 2.19. The summed E-state index contributed by atoms with van der Waals surface area (Å²) in [4.78, 5) is 13.9. The van der Waals surface area contributed by atoms with Crippen LogP contribution in [0.15, 0.2) is 18.2 Å². The molecule has 0 radical (unpaired) electrons. The van der Waals surface area contributed by atoms with Crippen LogP contribution >= 0.6 is 0 Å². The number of ketones is 1. The minimum Gasteiger partial charge on any atom is -0.507 e. The molecule has 1 N–H and O–H groups in total. The Bertz CT molecular complexity index is 432. The molecule has 100 valence electrons. The SMILES string of the molecule is CC(C)C(C)N(C)CC(=O)c1cc(F)ccc1O. The molecule has 0 spiro atoms. The highest BCUT2D eigenvalue weighted by atomic mass is 19.1. The van der Waals surface area contributed by atoms with Crippen molar-refractivity contribution in [2.45, 2.75) is 26.8 Å². The Balaban J connectivity index is 2.79. The van der Waals surface area contributed by atoms with Gasteiger partial charge in [-0.15, -0.1) is 0 Å². The number of hydrogen-bond donors (Lipinski definition) is 1. The molecule has 0 aliphatic rings. The zero-order valence-corrected chi connectivity index (χ0v) is 11.3. The van der Waals surface area contributed by atoms with Crippen LogP contribution in [-0.4, -0.2) is 35.4 Å². The van der Waals surface area contributed by atoms with Crippen molar-refractivity contribution in [1.82, 2.24) is 4.90 Å². The molecule has 18 heavy (non-hydrogen) atoms. The summed E-state index contributed by atoms with van der Waals surface area (Å²) in [5.74, 6) is -0.548. The normalized spacial score (nSPS) is 13.1. The Kier molecular flexibility index (Phi) is 4.84. The van der Waals surface area contributed by atoms with Gasteiger partial charge in [-0.05, 0) is 38.1 Å². The largest absolute Gasteiger partial charge is 0.507 e. The van der Waals surface area contributed by atoms with Crippen LogP contribution in [0.5, 0.6) is 5.75 Å². The van der Waals surface area contributed by atoms with Crippen molar-refractivity contribution in [2.75, 3.05) is 13.6 Å². The van der Waals surface area contributed by atoms with Crippen LogP contribution in [0.1, 0.15) is 31.1 Å². The number of carbonyl (C=O) groups excluding carboxylic acids is 1. The van der Waals surface area contributed by atoms with Gasteiger partial charge in [0.1, 0.15) is 11.6 Å². The second kappa shape index (κ2) is 5.96. The van der Waals surface area contributed by atoms with Crippen LogP contribution in [0.3, 0.4) is 0 Å². The van der Waals surface area contributed by atoms with Gasteiger partial charge < -0.3 is 5.11 Å². The van der Waals surface area contributed by atoms with E-state index in [1.165, 1.54) is 6.07 Å². The summed E-state index contributed by atoms with van der Waals surface area (Å²) in [5, 5.41) is 9.56. The Morgan fingerprint density at radius 2 is 2.00 bits per heavy atom. The molecular weight excluding hydrogens is 233 g/mol. The summed E-state index contributed by atoms with van der Waals surface area (Å²) in [5.41, 5.74) is 0.0396. The van der Waals surface area contributed by atoms with Gasteiger partial charge in [-0.25, -0.2) is 4.39 Å². The van der Waals surface area contributed by atoms with Crippen LogP contribution in [0.4, 0.5) is 4.39 Å². The lowest BCUT2D eigenvalue weighted by molar-refractivity contribution is 0.0903. The molecule has 1 unspecified atom stereocenters. The van der Waals surface area contributed by atoms with Crippen molar-refractivity contribution in [3.8, 4) is 5.75 Å². The van der Waals surface area contributed by atoms with E-state index in [9.17, 15) is 14.3 Å².